The Kier molecular flexibility index (Phi) is 10.4. The normalized spacial score (nSPS) is 26.6. The van der Waals surface area contributed by atoms with Gasteiger partial charge >= 0.3 is 28.9 Å². The van der Waals surface area contributed by atoms with Crippen molar-refractivity contribution in [2.75, 3.05) is 30.4 Å². The monoisotopic (exact) mass is 637 g/mol. The van der Waals surface area contributed by atoms with Gasteiger partial charge in [-0.1, -0.05) is 0 Å². The number of ether oxygens (including phenoxy) is 2. The first-order valence-corrected chi connectivity index (χ1v) is 12.2. The maximum atomic E-state index is 13.7. The van der Waals surface area contributed by atoms with Gasteiger partial charge in [0.05, 0.1) is 13.2 Å². The summed E-state index contributed by atoms with van der Waals surface area (Å²) in [6.45, 7) is -1.57. The van der Waals surface area contributed by atoms with E-state index in [1.807, 2.05) is 0 Å². The average molecular weight is 638 g/mol. The summed E-state index contributed by atoms with van der Waals surface area (Å²) in [5, 5.41) is 36.2. The number of anilines is 3. The number of aromatic nitrogens is 6. The van der Waals surface area contributed by atoms with Crippen LogP contribution in [0.15, 0.2) is 51.2 Å². The number of aliphatic hydroxyl groups excluding tert-OH is 4. The van der Waals surface area contributed by atoms with Crippen LogP contribution in [0.4, 0.5) is 35.0 Å². The molecule has 3 aromatic heterocycles. The fourth-order valence-electron chi connectivity index (χ4n) is 3.83. The standard InChI is InChI=1S/2C9H11F2N3O4.C4H5N3O/c2*10-9(11)6(16)4(3-15)18-7(9)14-2-1-5(12)13-8(14)17;5-3-1-2-6-4(8)7-3/h2*1-2,4,6-7,15-16H,3H2,(H2,12,13,17);1-2H,(H3,5,6,7,8)/t2*4-,6-,7-;/m11./s1. The van der Waals surface area contributed by atoms with Crippen molar-refractivity contribution in [3.8, 4) is 0 Å². The lowest BCUT2D eigenvalue weighted by Gasteiger charge is -2.20. The third kappa shape index (κ3) is 7.17. The molecular weight excluding hydrogens is 610 g/mol. The quantitative estimate of drug-likeness (QED) is 0.131. The molecule has 2 aliphatic heterocycles. The van der Waals surface area contributed by atoms with E-state index in [0.717, 1.165) is 24.5 Å². The second-order valence-electron chi connectivity index (χ2n) is 9.06. The van der Waals surface area contributed by atoms with Crippen molar-refractivity contribution < 1.29 is 47.5 Å². The summed E-state index contributed by atoms with van der Waals surface area (Å²) in [7, 11) is 0. The number of nitrogen functional groups attached to an aromatic ring is 3. The zero-order chi connectivity index (χ0) is 33.0. The fraction of sp³-hybridized carbons (Fsp3) is 0.455. The van der Waals surface area contributed by atoms with Gasteiger partial charge in [0.25, 0.3) is 0 Å². The van der Waals surface area contributed by atoms with Crippen LogP contribution in [-0.4, -0.2) is 99.0 Å². The van der Waals surface area contributed by atoms with Gasteiger partial charge in [-0.05, 0) is 18.2 Å². The molecule has 0 unspecified atom stereocenters. The summed E-state index contributed by atoms with van der Waals surface area (Å²) in [6, 6.07) is 3.82. The summed E-state index contributed by atoms with van der Waals surface area (Å²) in [6.07, 6.45) is -7.93. The number of rotatable bonds is 4. The highest BCUT2D eigenvalue weighted by atomic mass is 19.3. The molecule has 0 radical (unpaired) electrons. The summed E-state index contributed by atoms with van der Waals surface area (Å²) < 4.78 is 65.4. The summed E-state index contributed by atoms with van der Waals surface area (Å²) in [4.78, 5) is 45.3. The zero-order valence-corrected chi connectivity index (χ0v) is 22.2. The molecule has 44 heavy (non-hydrogen) atoms. The van der Waals surface area contributed by atoms with Crippen molar-refractivity contribution in [3.63, 3.8) is 0 Å². The molecule has 5 rings (SSSR count). The van der Waals surface area contributed by atoms with E-state index in [1.165, 1.54) is 12.3 Å². The first kappa shape index (κ1) is 34.0. The Hall–Kier alpha value is -4.48. The van der Waals surface area contributed by atoms with Crippen molar-refractivity contribution >= 4 is 17.5 Å². The molecule has 0 amide bonds. The van der Waals surface area contributed by atoms with E-state index >= 15 is 0 Å². The van der Waals surface area contributed by atoms with Crippen molar-refractivity contribution in [2.24, 2.45) is 0 Å². The molecule has 0 spiro atoms. The molecule has 0 saturated carbocycles. The summed E-state index contributed by atoms with van der Waals surface area (Å²) >= 11 is 0. The fourth-order valence-corrected chi connectivity index (χ4v) is 3.83. The lowest BCUT2D eigenvalue weighted by atomic mass is 10.1. The predicted octanol–water partition coefficient (Wildman–Crippen LogP) is -3.23. The minimum absolute atomic E-state index is 0.114. The highest BCUT2D eigenvalue weighted by molar-refractivity contribution is 5.24. The van der Waals surface area contributed by atoms with Gasteiger partial charge in [0.15, 0.2) is 12.2 Å². The molecular formula is C22H27F4N9O9. The number of hydrogen-bond donors (Lipinski definition) is 8. The van der Waals surface area contributed by atoms with Gasteiger partial charge in [0.1, 0.15) is 29.7 Å². The average Bonchev–Trinajstić information content (AvgIpc) is 3.31. The van der Waals surface area contributed by atoms with Crippen LogP contribution in [0, 0.1) is 0 Å². The number of nitrogens with one attached hydrogen (secondary N) is 1. The third-order valence-electron chi connectivity index (χ3n) is 6.02. The van der Waals surface area contributed by atoms with Gasteiger partial charge < -0.3 is 52.1 Å². The van der Waals surface area contributed by atoms with Crippen LogP contribution in [0.1, 0.15) is 12.5 Å². The molecule has 0 bridgehead atoms. The van der Waals surface area contributed by atoms with Gasteiger partial charge in [-0.2, -0.15) is 32.5 Å². The number of aromatic amines is 1. The predicted molar refractivity (Wildman–Crippen MR) is 139 cm³/mol. The maximum Gasteiger partial charge on any atom is 0.351 e. The van der Waals surface area contributed by atoms with E-state index in [1.54, 1.807) is 0 Å². The molecule has 3 aromatic rings. The van der Waals surface area contributed by atoms with Crippen molar-refractivity contribution in [3.05, 3.63) is 68.2 Å². The number of aliphatic hydroxyl groups is 4. The molecule has 2 aliphatic rings. The largest absolute Gasteiger partial charge is 0.394 e. The highest BCUT2D eigenvalue weighted by Crippen LogP contribution is 2.42. The molecule has 2 fully saturated rings. The number of nitrogens with two attached hydrogens (primary N) is 3. The highest BCUT2D eigenvalue weighted by Gasteiger charge is 2.60. The second kappa shape index (κ2) is 13.4. The van der Waals surface area contributed by atoms with Gasteiger partial charge in [-0.25, -0.2) is 14.4 Å². The van der Waals surface area contributed by atoms with Crippen molar-refractivity contribution in [2.45, 2.75) is 48.7 Å². The molecule has 22 heteroatoms. The van der Waals surface area contributed by atoms with Gasteiger partial charge in [0, 0.05) is 18.6 Å². The molecule has 2 saturated heterocycles. The Morgan fingerprint density at radius 3 is 1.41 bits per heavy atom. The smallest absolute Gasteiger partial charge is 0.351 e. The Labute approximate surface area is 242 Å². The van der Waals surface area contributed by atoms with Crippen LogP contribution in [0.5, 0.6) is 0 Å². The van der Waals surface area contributed by atoms with Gasteiger partial charge in [-0.3, -0.25) is 9.13 Å². The van der Waals surface area contributed by atoms with Crippen LogP contribution in [0.3, 0.4) is 0 Å². The molecule has 18 nitrogen and oxygen atoms in total. The number of alkyl halides is 4. The van der Waals surface area contributed by atoms with Gasteiger partial charge in [-0.15, -0.1) is 0 Å². The Morgan fingerprint density at radius 1 is 0.750 bits per heavy atom. The summed E-state index contributed by atoms with van der Waals surface area (Å²) in [5.74, 6) is -7.41. The Morgan fingerprint density at radius 2 is 1.14 bits per heavy atom. The van der Waals surface area contributed by atoms with Gasteiger partial charge in [0.2, 0.25) is 12.5 Å². The molecule has 242 valence electrons. The number of H-pyrrole nitrogens is 1. The molecule has 11 N–H and O–H groups in total. The minimum atomic E-state index is -3.71. The topological polar surface area (TPSA) is 293 Å². The van der Waals surface area contributed by atoms with E-state index in [0.29, 0.717) is 9.13 Å². The number of nitrogens with zero attached hydrogens (tertiary/aromatic N) is 5. The van der Waals surface area contributed by atoms with Crippen LogP contribution in [0.25, 0.3) is 0 Å². The SMILES string of the molecule is Nc1cc[nH]c(=O)n1.Nc1ccn([C@@H]2O[C@H](CO)[C@@H](O)C2(F)F)c(=O)n1.Nc1ccn([C@@H]2O[C@H](CO)[C@@H](O)C2(F)F)c(=O)n1. The molecule has 0 aliphatic carbocycles. The van der Waals surface area contributed by atoms with E-state index < -0.39 is 79.0 Å². The van der Waals surface area contributed by atoms with Crippen LogP contribution < -0.4 is 34.3 Å². The van der Waals surface area contributed by atoms with Crippen LogP contribution in [0.2, 0.25) is 0 Å². The second-order valence-corrected chi connectivity index (χ2v) is 9.06. The van der Waals surface area contributed by atoms with E-state index in [2.05, 4.69) is 19.9 Å². The molecule has 6 atom stereocenters. The first-order chi connectivity index (χ1) is 20.5. The van der Waals surface area contributed by atoms with Crippen LogP contribution in [-0.2, 0) is 9.47 Å². The lowest BCUT2D eigenvalue weighted by Crippen LogP contribution is -2.41. The zero-order valence-electron chi connectivity index (χ0n) is 22.2. The number of halogens is 4. The van der Waals surface area contributed by atoms with Crippen LogP contribution >= 0.6 is 0 Å². The summed E-state index contributed by atoms with van der Waals surface area (Å²) in [5.41, 5.74) is 13.1. The maximum absolute atomic E-state index is 13.7. The third-order valence-corrected chi connectivity index (χ3v) is 6.02. The lowest BCUT2D eigenvalue weighted by molar-refractivity contribution is -0.141. The van der Waals surface area contributed by atoms with E-state index in [4.69, 9.17) is 36.9 Å². The van der Waals surface area contributed by atoms with Crippen molar-refractivity contribution in [1.82, 2.24) is 29.1 Å². The van der Waals surface area contributed by atoms with Crippen molar-refractivity contribution in [1.29, 1.82) is 0 Å². The number of hydrogen-bond acceptors (Lipinski definition) is 15. The molecule has 5 heterocycles. The first-order valence-electron chi connectivity index (χ1n) is 12.2. The molecule has 0 aromatic carbocycles. The minimum Gasteiger partial charge on any atom is -0.394 e. The Balaban J connectivity index is 0.000000194. The van der Waals surface area contributed by atoms with E-state index in [9.17, 15) is 42.2 Å². The Bertz CT molecular complexity index is 1510. The van der Waals surface area contributed by atoms with E-state index in [-0.39, 0.29) is 17.5 Å².